The Morgan fingerprint density at radius 1 is 1.00 bits per heavy atom. The highest BCUT2D eigenvalue weighted by molar-refractivity contribution is 5.88. The molecule has 1 aliphatic heterocycles. The molecule has 176 valence electrons. The summed E-state index contributed by atoms with van der Waals surface area (Å²) in [4.78, 5) is 13.3. The first-order chi connectivity index (χ1) is 15.7. The Morgan fingerprint density at radius 3 is 2.36 bits per heavy atom. The number of hydrogen-bond acceptors (Lipinski definition) is 12. The fraction of sp³-hybridized carbons (Fsp3) is 0.286. The van der Waals surface area contributed by atoms with Crippen LogP contribution in [0.5, 0.6) is 34.5 Å². The number of hydrogen-bond donors (Lipinski definition) is 7. The molecule has 7 N–H and O–H groups in total. The molecule has 3 aromatic rings. The van der Waals surface area contributed by atoms with Crippen molar-refractivity contribution in [2.24, 2.45) is 0 Å². The molecule has 0 spiro atoms. The Kier molecular flexibility index (Phi) is 5.68. The van der Waals surface area contributed by atoms with Crippen LogP contribution in [0.2, 0.25) is 0 Å². The lowest BCUT2D eigenvalue weighted by Gasteiger charge is -2.19. The van der Waals surface area contributed by atoms with Crippen LogP contribution in [0.25, 0.3) is 22.3 Å². The first-order valence-corrected chi connectivity index (χ1v) is 9.58. The van der Waals surface area contributed by atoms with E-state index in [-0.39, 0.29) is 28.0 Å². The summed E-state index contributed by atoms with van der Waals surface area (Å²) in [7, 11) is 1.22. The lowest BCUT2D eigenvalue weighted by molar-refractivity contribution is -0.117. The monoisotopic (exact) mass is 464 g/mol. The molecule has 12 heteroatoms. The molecule has 1 fully saturated rings. The number of phenolic OH excluding ortho intramolecular Hbond substituents is 4. The molecule has 1 unspecified atom stereocenters. The molecule has 1 aromatic heterocycles. The number of aliphatic hydroxyl groups excluding tert-OH is 3. The average molecular weight is 464 g/mol. The van der Waals surface area contributed by atoms with Gasteiger partial charge >= 0.3 is 0 Å². The van der Waals surface area contributed by atoms with Crippen molar-refractivity contribution in [2.75, 3.05) is 13.7 Å². The van der Waals surface area contributed by atoms with Crippen molar-refractivity contribution < 1.29 is 54.4 Å². The van der Waals surface area contributed by atoms with Crippen molar-refractivity contribution in [3.8, 4) is 45.8 Å². The summed E-state index contributed by atoms with van der Waals surface area (Å²) < 4.78 is 21.5. The van der Waals surface area contributed by atoms with Crippen LogP contribution in [-0.2, 0) is 4.74 Å². The zero-order valence-electron chi connectivity index (χ0n) is 17.0. The summed E-state index contributed by atoms with van der Waals surface area (Å²) in [5, 5.41) is 69.1. The number of benzene rings is 2. The molecule has 0 aliphatic carbocycles. The van der Waals surface area contributed by atoms with E-state index < -0.39 is 65.4 Å². The second-order valence-electron chi connectivity index (χ2n) is 7.30. The Labute approximate surface area is 184 Å². The molecule has 0 bridgehead atoms. The van der Waals surface area contributed by atoms with Gasteiger partial charge in [0.05, 0.1) is 13.7 Å². The van der Waals surface area contributed by atoms with Crippen LogP contribution in [0.4, 0.5) is 0 Å². The van der Waals surface area contributed by atoms with Crippen LogP contribution in [-0.4, -0.2) is 74.1 Å². The Balaban J connectivity index is 1.96. The highest BCUT2D eigenvalue weighted by atomic mass is 16.7. The number of ether oxygens (including phenoxy) is 3. The van der Waals surface area contributed by atoms with E-state index in [1.54, 1.807) is 0 Å². The molecule has 4 rings (SSSR count). The molecular weight excluding hydrogens is 444 g/mol. The Hall–Kier alpha value is -3.71. The van der Waals surface area contributed by atoms with Crippen LogP contribution in [0.3, 0.4) is 0 Å². The summed E-state index contributed by atoms with van der Waals surface area (Å²) in [6.45, 7) is -0.639. The number of fused-ring (bicyclic) bond motifs is 1. The standard InChI is InChI=1S/C21H20O12/c1-30-12-3-7(2-10(25)15(12)26)19-20(33-21-18(29)16(27)13(6-22)32-21)17(28)14-9(24)4-8(23)5-11(14)31-19/h2-5,13,16,18,21-27,29H,6H2,1H3/t13-,16?,18-,21-/m0/s1. The first kappa shape index (κ1) is 22.5. The number of aliphatic hydroxyl groups is 3. The van der Waals surface area contributed by atoms with Crippen molar-refractivity contribution in [3.63, 3.8) is 0 Å². The molecule has 0 amide bonds. The third-order valence-electron chi connectivity index (χ3n) is 5.19. The summed E-state index contributed by atoms with van der Waals surface area (Å²) in [6, 6.07) is 4.22. The number of methoxy groups -OCH3 is 1. The van der Waals surface area contributed by atoms with Crippen molar-refractivity contribution in [1.29, 1.82) is 0 Å². The van der Waals surface area contributed by atoms with E-state index in [4.69, 9.17) is 18.6 Å². The molecule has 1 aliphatic rings. The number of rotatable bonds is 5. The van der Waals surface area contributed by atoms with E-state index in [0.717, 1.165) is 18.2 Å². The van der Waals surface area contributed by atoms with Crippen molar-refractivity contribution >= 4 is 11.0 Å². The van der Waals surface area contributed by atoms with Gasteiger partial charge in [0, 0.05) is 17.7 Å². The first-order valence-electron chi connectivity index (χ1n) is 9.58. The van der Waals surface area contributed by atoms with Crippen LogP contribution in [0.1, 0.15) is 0 Å². The minimum atomic E-state index is -1.65. The second kappa shape index (κ2) is 8.33. The maximum Gasteiger partial charge on any atom is 0.239 e. The normalized spacial score (nSPS) is 22.5. The van der Waals surface area contributed by atoms with Gasteiger partial charge in [0.2, 0.25) is 23.2 Å². The van der Waals surface area contributed by atoms with Gasteiger partial charge in [-0.2, -0.15) is 0 Å². The minimum Gasteiger partial charge on any atom is -0.508 e. The lowest BCUT2D eigenvalue weighted by atomic mass is 10.1. The molecule has 0 saturated carbocycles. The van der Waals surface area contributed by atoms with Crippen LogP contribution < -0.4 is 14.9 Å². The molecule has 2 aromatic carbocycles. The predicted molar refractivity (Wildman–Crippen MR) is 110 cm³/mol. The number of phenols is 4. The summed E-state index contributed by atoms with van der Waals surface area (Å²) >= 11 is 0. The summed E-state index contributed by atoms with van der Waals surface area (Å²) in [6.07, 6.45) is -5.97. The van der Waals surface area contributed by atoms with Gasteiger partial charge in [0.25, 0.3) is 0 Å². The number of aromatic hydroxyl groups is 4. The topological polar surface area (TPSA) is 200 Å². The fourth-order valence-electron chi connectivity index (χ4n) is 3.52. The van der Waals surface area contributed by atoms with Gasteiger partial charge in [0.1, 0.15) is 40.8 Å². The SMILES string of the molecule is COc1cc(-c2oc3cc(O)cc(O)c3c(=O)c2O[C@@H]2O[C@@H](CO)C(O)[C@@H]2O)cc(O)c1O. The molecule has 2 heterocycles. The highest BCUT2D eigenvalue weighted by Gasteiger charge is 2.44. The van der Waals surface area contributed by atoms with Gasteiger partial charge in [0.15, 0.2) is 17.3 Å². The minimum absolute atomic E-state index is 0.0225. The average Bonchev–Trinajstić information content (AvgIpc) is 3.04. The second-order valence-corrected chi connectivity index (χ2v) is 7.30. The van der Waals surface area contributed by atoms with E-state index in [9.17, 15) is 40.5 Å². The van der Waals surface area contributed by atoms with Crippen LogP contribution in [0, 0.1) is 0 Å². The van der Waals surface area contributed by atoms with Gasteiger partial charge in [-0.25, -0.2) is 0 Å². The van der Waals surface area contributed by atoms with E-state index in [2.05, 4.69) is 0 Å². The molecule has 33 heavy (non-hydrogen) atoms. The van der Waals surface area contributed by atoms with E-state index >= 15 is 0 Å². The molecule has 0 radical (unpaired) electrons. The predicted octanol–water partition coefficient (Wildman–Crippen LogP) is 0.109. The maximum absolute atomic E-state index is 13.3. The van der Waals surface area contributed by atoms with E-state index in [1.807, 2.05) is 0 Å². The largest absolute Gasteiger partial charge is 0.508 e. The van der Waals surface area contributed by atoms with Gasteiger partial charge < -0.3 is 54.4 Å². The van der Waals surface area contributed by atoms with Gasteiger partial charge in [-0.15, -0.1) is 0 Å². The molecule has 12 nitrogen and oxygen atoms in total. The van der Waals surface area contributed by atoms with Gasteiger partial charge in [-0.05, 0) is 12.1 Å². The van der Waals surface area contributed by atoms with Crippen molar-refractivity contribution in [3.05, 3.63) is 34.5 Å². The zero-order valence-corrected chi connectivity index (χ0v) is 17.0. The summed E-state index contributed by atoms with van der Waals surface area (Å²) in [5.74, 6) is -3.34. The quantitative estimate of drug-likeness (QED) is 0.252. The van der Waals surface area contributed by atoms with Crippen LogP contribution in [0.15, 0.2) is 33.5 Å². The smallest absolute Gasteiger partial charge is 0.239 e. The molecular formula is C21H20O12. The summed E-state index contributed by atoms with van der Waals surface area (Å²) in [5.41, 5.74) is -1.20. The zero-order chi connectivity index (χ0) is 24.0. The highest BCUT2D eigenvalue weighted by Crippen LogP contribution is 2.43. The molecule has 1 saturated heterocycles. The van der Waals surface area contributed by atoms with Gasteiger partial charge in [-0.3, -0.25) is 4.79 Å². The van der Waals surface area contributed by atoms with Crippen molar-refractivity contribution in [1.82, 2.24) is 0 Å². The lowest BCUT2D eigenvalue weighted by Crippen LogP contribution is -2.36. The van der Waals surface area contributed by atoms with Crippen LogP contribution >= 0.6 is 0 Å². The Bertz CT molecular complexity index is 1270. The Morgan fingerprint density at radius 2 is 1.73 bits per heavy atom. The third-order valence-corrected chi connectivity index (χ3v) is 5.19. The van der Waals surface area contributed by atoms with Gasteiger partial charge in [-0.1, -0.05) is 0 Å². The van der Waals surface area contributed by atoms with E-state index in [1.165, 1.54) is 13.2 Å². The molecule has 4 atom stereocenters. The van der Waals surface area contributed by atoms with Crippen molar-refractivity contribution in [2.45, 2.75) is 24.6 Å². The third kappa shape index (κ3) is 3.74. The maximum atomic E-state index is 13.3. The van der Waals surface area contributed by atoms with E-state index in [0.29, 0.717) is 0 Å². The fourth-order valence-corrected chi connectivity index (χ4v) is 3.52.